The number of aliphatic carboxylic acids is 1. The maximum atomic E-state index is 12.1. The summed E-state index contributed by atoms with van der Waals surface area (Å²) < 4.78 is 0. The number of nitrogens with zero attached hydrogens (tertiary/aromatic N) is 1. The van der Waals surface area contributed by atoms with Crippen LogP contribution in [0, 0.1) is 5.92 Å². The molecular formula is C12H19N3O5. The van der Waals surface area contributed by atoms with Crippen molar-refractivity contribution in [2.24, 2.45) is 5.92 Å². The minimum Gasteiger partial charge on any atom is -0.480 e. The lowest BCUT2D eigenvalue weighted by atomic mass is 9.99. The molecule has 4 amide bonds. The Bertz CT molecular complexity index is 437. The Morgan fingerprint density at radius 1 is 1.50 bits per heavy atom. The molecule has 3 atom stereocenters. The van der Waals surface area contributed by atoms with Crippen molar-refractivity contribution in [2.75, 3.05) is 6.54 Å². The van der Waals surface area contributed by atoms with Gasteiger partial charge in [0.1, 0.15) is 18.6 Å². The molecule has 0 aromatic heterocycles. The van der Waals surface area contributed by atoms with E-state index in [2.05, 4.69) is 10.6 Å². The SMILES string of the molecule is CCC(C)C(NC(=O)N1CC(=O)NC(=O)C1C)C(=O)O. The van der Waals surface area contributed by atoms with Gasteiger partial charge in [-0.15, -0.1) is 0 Å². The summed E-state index contributed by atoms with van der Waals surface area (Å²) in [7, 11) is 0. The smallest absolute Gasteiger partial charge is 0.326 e. The highest BCUT2D eigenvalue weighted by Crippen LogP contribution is 2.10. The highest BCUT2D eigenvalue weighted by Gasteiger charge is 2.36. The van der Waals surface area contributed by atoms with Crippen LogP contribution in [0.5, 0.6) is 0 Å². The first-order valence-corrected chi connectivity index (χ1v) is 6.41. The number of rotatable bonds is 4. The highest BCUT2D eigenvalue weighted by atomic mass is 16.4. The Labute approximate surface area is 116 Å². The average molecular weight is 285 g/mol. The van der Waals surface area contributed by atoms with Gasteiger partial charge in [-0.25, -0.2) is 9.59 Å². The van der Waals surface area contributed by atoms with Crippen LogP contribution in [0.15, 0.2) is 0 Å². The molecule has 8 heteroatoms. The minimum absolute atomic E-state index is 0.263. The van der Waals surface area contributed by atoms with E-state index >= 15 is 0 Å². The first kappa shape index (κ1) is 15.9. The molecule has 3 N–H and O–H groups in total. The Kier molecular flexibility index (Phi) is 5.06. The largest absolute Gasteiger partial charge is 0.480 e. The van der Waals surface area contributed by atoms with Crippen molar-refractivity contribution in [3.63, 3.8) is 0 Å². The quantitative estimate of drug-likeness (QED) is 0.605. The molecule has 112 valence electrons. The Balaban J connectivity index is 2.80. The minimum atomic E-state index is -1.15. The molecule has 0 spiro atoms. The highest BCUT2D eigenvalue weighted by molar-refractivity contribution is 6.04. The van der Waals surface area contributed by atoms with Crippen molar-refractivity contribution in [2.45, 2.75) is 39.3 Å². The van der Waals surface area contributed by atoms with Crippen LogP contribution in [0.1, 0.15) is 27.2 Å². The summed E-state index contributed by atoms with van der Waals surface area (Å²) in [6.45, 7) is 4.72. The van der Waals surface area contributed by atoms with Gasteiger partial charge in [0.05, 0.1) is 0 Å². The molecule has 1 aliphatic heterocycles. The number of carbonyl (C=O) groups excluding carboxylic acids is 3. The number of piperazine rings is 1. The summed E-state index contributed by atoms with van der Waals surface area (Å²) in [5, 5.41) is 13.6. The predicted molar refractivity (Wildman–Crippen MR) is 68.7 cm³/mol. The van der Waals surface area contributed by atoms with Crippen LogP contribution in [-0.4, -0.2) is 52.4 Å². The number of urea groups is 1. The lowest BCUT2D eigenvalue weighted by Crippen LogP contribution is -2.62. The normalized spacial score (nSPS) is 21.9. The van der Waals surface area contributed by atoms with E-state index in [4.69, 9.17) is 5.11 Å². The molecule has 8 nitrogen and oxygen atoms in total. The van der Waals surface area contributed by atoms with Gasteiger partial charge in [0.15, 0.2) is 0 Å². The molecule has 3 unspecified atom stereocenters. The standard InChI is InChI=1S/C12H19N3O5/c1-4-6(2)9(11(18)19)14-12(20)15-5-8(16)13-10(17)7(15)3/h6-7,9H,4-5H2,1-3H3,(H,14,20)(H,18,19)(H,13,16,17). The summed E-state index contributed by atoms with van der Waals surface area (Å²) in [6, 6.07) is -2.60. The molecule has 1 heterocycles. The van der Waals surface area contributed by atoms with Crippen LogP contribution in [0.25, 0.3) is 0 Å². The summed E-state index contributed by atoms with van der Waals surface area (Å²) in [6.07, 6.45) is 0.576. The van der Waals surface area contributed by atoms with Crippen molar-refractivity contribution >= 4 is 23.8 Å². The van der Waals surface area contributed by atoms with Gasteiger partial charge in [-0.1, -0.05) is 20.3 Å². The molecular weight excluding hydrogens is 266 g/mol. The molecule has 0 saturated carbocycles. The Hall–Kier alpha value is -2.12. The van der Waals surface area contributed by atoms with Crippen LogP contribution < -0.4 is 10.6 Å². The van der Waals surface area contributed by atoms with E-state index in [-0.39, 0.29) is 12.5 Å². The number of carboxylic acids is 1. The first-order chi connectivity index (χ1) is 9.27. The lowest BCUT2D eigenvalue weighted by Gasteiger charge is -2.33. The second-order valence-corrected chi connectivity index (χ2v) is 4.87. The third-order valence-corrected chi connectivity index (χ3v) is 3.44. The Morgan fingerprint density at radius 2 is 2.10 bits per heavy atom. The molecule has 0 aromatic rings. The van der Waals surface area contributed by atoms with E-state index in [1.54, 1.807) is 6.92 Å². The number of amides is 4. The zero-order valence-corrected chi connectivity index (χ0v) is 11.7. The molecule has 1 aliphatic rings. The van der Waals surface area contributed by atoms with Crippen LogP contribution >= 0.6 is 0 Å². The van der Waals surface area contributed by atoms with E-state index in [0.29, 0.717) is 6.42 Å². The first-order valence-electron chi connectivity index (χ1n) is 6.41. The summed E-state index contributed by atoms with van der Waals surface area (Å²) >= 11 is 0. The second-order valence-electron chi connectivity index (χ2n) is 4.87. The van der Waals surface area contributed by atoms with Gasteiger partial charge < -0.3 is 15.3 Å². The van der Waals surface area contributed by atoms with E-state index in [0.717, 1.165) is 4.90 Å². The average Bonchev–Trinajstić information content (AvgIpc) is 2.38. The monoisotopic (exact) mass is 285 g/mol. The zero-order valence-electron chi connectivity index (χ0n) is 11.7. The summed E-state index contributed by atoms with van der Waals surface area (Å²) in [4.78, 5) is 47.0. The predicted octanol–water partition coefficient (Wildman–Crippen LogP) is -0.458. The van der Waals surface area contributed by atoms with Crippen molar-refractivity contribution < 1.29 is 24.3 Å². The number of imide groups is 1. The van der Waals surface area contributed by atoms with Gasteiger partial charge in [0.25, 0.3) is 0 Å². The Morgan fingerprint density at radius 3 is 2.60 bits per heavy atom. The zero-order chi connectivity index (χ0) is 15.4. The molecule has 0 bridgehead atoms. The topological polar surface area (TPSA) is 116 Å². The molecule has 20 heavy (non-hydrogen) atoms. The van der Waals surface area contributed by atoms with Gasteiger partial charge >= 0.3 is 12.0 Å². The summed E-state index contributed by atoms with van der Waals surface area (Å²) in [5.74, 6) is -2.57. The molecule has 0 aliphatic carbocycles. The van der Waals surface area contributed by atoms with Crippen LogP contribution in [-0.2, 0) is 14.4 Å². The summed E-state index contributed by atoms with van der Waals surface area (Å²) in [5.41, 5.74) is 0. The van der Waals surface area contributed by atoms with Gasteiger partial charge in [-0.05, 0) is 12.8 Å². The fraction of sp³-hybridized carbons (Fsp3) is 0.667. The number of hydrogen-bond acceptors (Lipinski definition) is 4. The lowest BCUT2D eigenvalue weighted by molar-refractivity contribution is -0.140. The molecule has 1 rings (SSSR count). The number of carboxylic acid groups (broad SMARTS) is 1. The van der Waals surface area contributed by atoms with E-state index < -0.39 is 35.9 Å². The third kappa shape index (κ3) is 3.46. The fourth-order valence-electron chi connectivity index (χ4n) is 1.86. The van der Waals surface area contributed by atoms with Crippen LogP contribution in [0.3, 0.4) is 0 Å². The van der Waals surface area contributed by atoms with Crippen molar-refractivity contribution in [3.05, 3.63) is 0 Å². The van der Waals surface area contributed by atoms with Gasteiger partial charge in [-0.3, -0.25) is 14.9 Å². The van der Waals surface area contributed by atoms with Crippen LogP contribution in [0.4, 0.5) is 4.79 Å². The number of carbonyl (C=O) groups is 4. The maximum Gasteiger partial charge on any atom is 0.326 e. The molecule has 1 saturated heterocycles. The second kappa shape index (κ2) is 6.36. The van der Waals surface area contributed by atoms with E-state index in [1.807, 2.05) is 6.92 Å². The van der Waals surface area contributed by atoms with Crippen molar-refractivity contribution in [1.29, 1.82) is 0 Å². The maximum absolute atomic E-state index is 12.1. The van der Waals surface area contributed by atoms with E-state index in [9.17, 15) is 19.2 Å². The van der Waals surface area contributed by atoms with Crippen LogP contribution in [0.2, 0.25) is 0 Å². The molecule has 0 aromatic carbocycles. The van der Waals surface area contributed by atoms with Gasteiger partial charge in [0, 0.05) is 0 Å². The van der Waals surface area contributed by atoms with Crippen molar-refractivity contribution in [3.8, 4) is 0 Å². The third-order valence-electron chi connectivity index (χ3n) is 3.44. The molecule has 1 fully saturated rings. The molecule has 0 radical (unpaired) electrons. The number of nitrogens with one attached hydrogen (secondary N) is 2. The van der Waals surface area contributed by atoms with E-state index in [1.165, 1.54) is 6.92 Å². The van der Waals surface area contributed by atoms with Crippen molar-refractivity contribution in [1.82, 2.24) is 15.5 Å². The van der Waals surface area contributed by atoms with Gasteiger partial charge in [-0.2, -0.15) is 0 Å². The number of hydrogen-bond donors (Lipinski definition) is 3. The van der Waals surface area contributed by atoms with Gasteiger partial charge in [0.2, 0.25) is 11.8 Å². The fourth-order valence-corrected chi connectivity index (χ4v) is 1.86.